The van der Waals surface area contributed by atoms with Gasteiger partial charge in [0.2, 0.25) is 5.91 Å². The van der Waals surface area contributed by atoms with Crippen LogP contribution in [0.25, 0.3) is 0 Å². The van der Waals surface area contributed by atoms with Crippen LogP contribution in [-0.4, -0.2) is 58.8 Å². The van der Waals surface area contributed by atoms with Gasteiger partial charge in [-0.25, -0.2) is 4.79 Å². The molecule has 1 N–H and O–H groups in total. The number of amides is 2. The molecule has 1 saturated heterocycles. The fraction of sp³-hybridized carbons (Fsp3) is 0.444. The molecule has 2 atom stereocenters. The van der Waals surface area contributed by atoms with E-state index >= 15 is 0 Å². The smallest absolute Gasteiger partial charge is 0.326 e. The van der Waals surface area contributed by atoms with Gasteiger partial charge in [0.15, 0.2) is 12.4 Å². The van der Waals surface area contributed by atoms with Gasteiger partial charge in [0.25, 0.3) is 5.91 Å². The molecule has 0 radical (unpaired) electrons. The van der Waals surface area contributed by atoms with E-state index in [-0.39, 0.29) is 12.4 Å². The maximum Gasteiger partial charge on any atom is 0.326 e. The van der Waals surface area contributed by atoms with Gasteiger partial charge in [-0.2, -0.15) is 0 Å². The number of nitrogens with zero attached hydrogens (tertiary/aromatic N) is 2. The highest BCUT2D eigenvalue weighted by Gasteiger charge is 2.40. The van der Waals surface area contributed by atoms with E-state index in [4.69, 9.17) is 4.74 Å². The second-order valence-electron chi connectivity index (χ2n) is 6.49. The quantitative estimate of drug-likeness (QED) is 0.806. The SMILES string of the molecule is CC(=O)c1ccc2c(c1)N(C(C)C(=O)N1CCCC1C(=O)O)C(=O)CO2. The van der Waals surface area contributed by atoms with Crippen LogP contribution in [0.15, 0.2) is 18.2 Å². The van der Waals surface area contributed by atoms with Crippen molar-refractivity contribution in [3.63, 3.8) is 0 Å². The standard InChI is InChI=1S/C18H20N2O6/c1-10(17(23)19-7-3-4-13(19)18(24)25)20-14-8-12(11(2)21)5-6-15(14)26-9-16(20)22/h5-6,8,10,13H,3-4,7,9H2,1-2H3,(H,24,25). The lowest BCUT2D eigenvalue weighted by Gasteiger charge is -2.36. The van der Waals surface area contributed by atoms with Gasteiger partial charge in [0.05, 0.1) is 5.69 Å². The van der Waals surface area contributed by atoms with Crippen LogP contribution < -0.4 is 9.64 Å². The molecule has 2 unspecified atom stereocenters. The third-order valence-electron chi connectivity index (χ3n) is 4.81. The maximum atomic E-state index is 12.9. The van der Waals surface area contributed by atoms with Gasteiger partial charge in [0, 0.05) is 12.1 Å². The van der Waals surface area contributed by atoms with E-state index in [1.807, 2.05) is 0 Å². The number of anilines is 1. The number of carboxylic acid groups (broad SMARTS) is 1. The summed E-state index contributed by atoms with van der Waals surface area (Å²) >= 11 is 0. The Morgan fingerprint density at radius 1 is 1.31 bits per heavy atom. The predicted octanol–water partition coefficient (Wildman–Crippen LogP) is 1.08. The van der Waals surface area contributed by atoms with Gasteiger partial charge in [0.1, 0.15) is 17.8 Å². The lowest BCUT2D eigenvalue weighted by molar-refractivity contribution is -0.148. The van der Waals surface area contributed by atoms with E-state index in [9.17, 15) is 24.3 Å². The molecule has 1 aromatic carbocycles. The first-order chi connectivity index (χ1) is 12.3. The van der Waals surface area contributed by atoms with Gasteiger partial charge >= 0.3 is 5.97 Å². The second kappa shape index (κ2) is 6.78. The largest absolute Gasteiger partial charge is 0.482 e. The molecule has 2 aliphatic rings. The van der Waals surface area contributed by atoms with E-state index in [0.29, 0.717) is 36.4 Å². The number of benzene rings is 1. The minimum atomic E-state index is -1.05. The number of aliphatic carboxylic acids is 1. The number of Topliss-reactive ketones (excluding diaryl/α,β-unsaturated/α-hetero) is 1. The lowest BCUT2D eigenvalue weighted by atomic mass is 10.1. The van der Waals surface area contributed by atoms with Crippen molar-refractivity contribution in [1.29, 1.82) is 0 Å². The summed E-state index contributed by atoms with van der Waals surface area (Å²) in [5, 5.41) is 9.30. The summed E-state index contributed by atoms with van der Waals surface area (Å²) in [4.78, 5) is 51.0. The van der Waals surface area contributed by atoms with Gasteiger partial charge in [-0.1, -0.05) is 0 Å². The molecular formula is C18H20N2O6. The van der Waals surface area contributed by atoms with Crippen molar-refractivity contribution in [3.8, 4) is 5.75 Å². The molecule has 0 saturated carbocycles. The molecule has 8 nitrogen and oxygen atoms in total. The highest BCUT2D eigenvalue weighted by atomic mass is 16.5. The van der Waals surface area contributed by atoms with Crippen molar-refractivity contribution < 1.29 is 29.0 Å². The van der Waals surface area contributed by atoms with Crippen molar-refractivity contribution in [3.05, 3.63) is 23.8 Å². The molecule has 138 valence electrons. The number of ether oxygens (including phenoxy) is 1. The Hall–Kier alpha value is -2.90. The van der Waals surface area contributed by atoms with Crippen molar-refractivity contribution in [2.75, 3.05) is 18.1 Å². The lowest BCUT2D eigenvalue weighted by Crippen LogP contribution is -2.54. The Morgan fingerprint density at radius 3 is 2.69 bits per heavy atom. The summed E-state index contributed by atoms with van der Waals surface area (Å²) in [6, 6.07) is 2.95. The fourth-order valence-electron chi connectivity index (χ4n) is 3.45. The summed E-state index contributed by atoms with van der Waals surface area (Å²) in [5.41, 5.74) is 0.747. The molecule has 26 heavy (non-hydrogen) atoms. The minimum Gasteiger partial charge on any atom is -0.482 e. The van der Waals surface area contributed by atoms with E-state index < -0.39 is 29.9 Å². The monoisotopic (exact) mass is 360 g/mol. The first kappa shape index (κ1) is 17.9. The molecule has 0 aliphatic carbocycles. The molecule has 0 spiro atoms. The second-order valence-corrected chi connectivity index (χ2v) is 6.49. The minimum absolute atomic E-state index is 0.171. The van der Waals surface area contributed by atoms with E-state index in [0.717, 1.165) is 0 Å². The molecule has 1 fully saturated rings. The number of carboxylic acids is 1. The van der Waals surface area contributed by atoms with Crippen LogP contribution in [0.5, 0.6) is 5.75 Å². The van der Waals surface area contributed by atoms with Crippen molar-refractivity contribution in [1.82, 2.24) is 4.90 Å². The van der Waals surface area contributed by atoms with E-state index in [1.165, 1.54) is 22.8 Å². The average Bonchev–Trinajstić information content (AvgIpc) is 3.09. The van der Waals surface area contributed by atoms with Gasteiger partial charge in [-0.3, -0.25) is 19.3 Å². The number of carbonyl (C=O) groups excluding carboxylic acids is 3. The number of fused-ring (bicyclic) bond motifs is 1. The Bertz CT molecular complexity index is 790. The number of hydrogen-bond donors (Lipinski definition) is 1. The fourth-order valence-corrected chi connectivity index (χ4v) is 3.45. The number of rotatable bonds is 4. The molecule has 2 heterocycles. The Balaban J connectivity index is 1.94. The first-order valence-electron chi connectivity index (χ1n) is 8.44. The summed E-state index contributed by atoms with van der Waals surface area (Å²) < 4.78 is 5.39. The molecule has 2 aliphatic heterocycles. The van der Waals surface area contributed by atoms with Crippen molar-refractivity contribution in [2.24, 2.45) is 0 Å². The Morgan fingerprint density at radius 2 is 2.04 bits per heavy atom. The summed E-state index contributed by atoms with van der Waals surface area (Å²) in [5.74, 6) is -1.65. The summed E-state index contributed by atoms with van der Waals surface area (Å²) in [6.07, 6.45) is 1.01. The number of ketones is 1. The molecule has 8 heteroatoms. The van der Waals surface area contributed by atoms with Gasteiger partial charge in [-0.15, -0.1) is 0 Å². The van der Waals surface area contributed by atoms with Crippen LogP contribution in [0.2, 0.25) is 0 Å². The molecular weight excluding hydrogens is 340 g/mol. The van der Waals surface area contributed by atoms with Gasteiger partial charge < -0.3 is 14.7 Å². The first-order valence-corrected chi connectivity index (χ1v) is 8.44. The Kier molecular flexibility index (Phi) is 4.67. The third-order valence-corrected chi connectivity index (χ3v) is 4.81. The molecule has 3 rings (SSSR count). The van der Waals surface area contributed by atoms with E-state index in [2.05, 4.69) is 0 Å². The van der Waals surface area contributed by atoms with Crippen molar-refractivity contribution in [2.45, 2.75) is 38.8 Å². The van der Waals surface area contributed by atoms with E-state index in [1.54, 1.807) is 19.1 Å². The molecule has 0 bridgehead atoms. The Labute approximate surface area is 150 Å². The van der Waals surface area contributed by atoms with Crippen molar-refractivity contribution >= 4 is 29.3 Å². The average molecular weight is 360 g/mol. The van der Waals surface area contributed by atoms with Gasteiger partial charge in [-0.05, 0) is 44.9 Å². The summed E-state index contributed by atoms with van der Waals surface area (Å²) in [7, 11) is 0. The highest BCUT2D eigenvalue weighted by molar-refractivity contribution is 6.05. The molecule has 1 aromatic rings. The van der Waals surface area contributed by atoms with Crippen LogP contribution >= 0.6 is 0 Å². The number of likely N-dealkylation sites (tertiary alicyclic amines) is 1. The van der Waals surface area contributed by atoms with Crippen LogP contribution in [0.3, 0.4) is 0 Å². The molecule has 2 amide bonds. The summed E-state index contributed by atoms with van der Waals surface area (Å²) in [6.45, 7) is 3.10. The normalized spacial score (nSPS) is 20.4. The highest BCUT2D eigenvalue weighted by Crippen LogP contribution is 2.35. The van der Waals surface area contributed by atoms with Crippen LogP contribution in [-0.2, 0) is 14.4 Å². The maximum absolute atomic E-state index is 12.9. The number of carbonyl (C=O) groups is 4. The van der Waals surface area contributed by atoms with Crippen LogP contribution in [0.4, 0.5) is 5.69 Å². The zero-order valence-electron chi connectivity index (χ0n) is 14.6. The number of hydrogen-bond acceptors (Lipinski definition) is 5. The molecule has 0 aromatic heterocycles. The van der Waals surface area contributed by atoms with Crippen LogP contribution in [0, 0.1) is 0 Å². The zero-order chi connectivity index (χ0) is 19.0. The third kappa shape index (κ3) is 3.02. The predicted molar refractivity (Wildman–Crippen MR) is 91.3 cm³/mol. The van der Waals surface area contributed by atoms with Crippen LogP contribution in [0.1, 0.15) is 37.0 Å². The zero-order valence-corrected chi connectivity index (χ0v) is 14.6. The topological polar surface area (TPSA) is 104 Å².